The molecule has 4 N–H and O–H groups in total. The molecule has 0 saturated heterocycles. The maximum atomic E-state index is 11.6. The number of hydrogen-bond donors (Lipinski definition) is 3. The Hall–Kier alpha value is -1.59. The van der Waals surface area contributed by atoms with Gasteiger partial charge in [0.25, 0.3) is 0 Å². The van der Waals surface area contributed by atoms with Gasteiger partial charge in [0.2, 0.25) is 11.8 Å². The number of amides is 2. The van der Waals surface area contributed by atoms with E-state index in [0.29, 0.717) is 10.7 Å². The SMILES string of the molecule is Cc1ccc(NC(=O)CNC(=O)[C@@H](C)N)c(Cl)c1. The van der Waals surface area contributed by atoms with Crippen molar-refractivity contribution in [2.75, 3.05) is 11.9 Å². The van der Waals surface area contributed by atoms with Gasteiger partial charge in [0, 0.05) is 0 Å². The van der Waals surface area contributed by atoms with Crippen molar-refractivity contribution >= 4 is 29.1 Å². The minimum Gasteiger partial charge on any atom is -0.346 e. The highest BCUT2D eigenvalue weighted by atomic mass is 35.5. The van der Waals surface area contributed by atoms with E-state index in [0.717, 1.165) is 5.56 Å². The van der Waals surface area contributed by atoms with Gasteiger partial charge in [-0.15, -0.1) is 0 Å². The summed E-state index contributed by atoms with van der Waals surface area (Å²) in [6, 6.07) is 4.66. The number of benzene rings is 1. The summed E-state index contributed by atoms with van der Waals surface area (Å²) in [5.41, 5.74) is 6.87. The molecule has 0 aliphatic heterocycles. The molecule has 0 spiro atoms. The van der Waals surface area contributed by atoms with E-state index in [-0.39, 0.29) is 18.4 Å². The zero-order chi connectivity index (χ0) is 13.7. The van der Waals surface area contributed by atoms with Crippen LogP contribution in [0.15, 0.2) is 18.2 Å². The van der Waals surface area contributed by atoms with Crippen LogP contribution in [0, 0.1) is 6.92 Å². The van der Waals surface area contributed by atoms with Gasteiger partial charge in [-0.25, -0.2) is 0 Å². The second-order valence-electron chi connectivity index (χ2n) is 4.04. The minimum atomic E-state index is -0.638. The molecule has 0 saturated carbocycles. The molecule has 5 nitrogen and oxygen atoms in total. The lowest BCUT2D eigenvalue weighted by molar-refractivity contribution is -0.124. The Morgan fingerprint density at radius 1 is 1.44 bits per heavy atom. The Morgan fingerprint density at radius 3 is 2.67 bits per heavy atom. The van der Waals surface area contributed by atoms with Crippen LogP contribution in [0.2, 0.25) is 5.02 Å². The maximum Gasteiger partial charge on any atom is 0.243 e. The summed E-state index contributed by atoms with van der Waals surface area (Å²) < 4.78 is 0. The third kappa shape index (κ3) is 4.35. The molecule has 1 aromatic rings. The Labute approximate surface area is 111 Å². The first-order valence-corrected chi connectivity index (χ1v) is 5.87. The van der Waals surface area contributed by atoms with E-state index < -0.39 is 6.04 Å². The normalized spacial score (nSPS) is 11.8. The molecule has 0 fully saturated rings. The lowest BCUT2D eigenvalue weighted by Gasteiger charge is -2.10. The molecule has 98 valence electrons. The molecule has 0 radical (unpaired) electrons. The van der Waals surface area contributed by atoms with Crippen molar-refractivity contribution in [3.63, 3.8) is 0 Å². The fourth-order valence-electron chi connectivity index (χ4n) is 1.24. The summed E-state index contributed by atoms with van der Waals surface area (Å²) in [4.78, 5) is 22.7. The van der Waals surface area contributed by atoms with Crippen LogP contribution in [0.1, 0.15) is 12.5 Å². The van der Waals surface area contributed by atoms with Crippen LogP contribution < -0.4 is 16.4 Å². The van der Waals surface area contributed by atoms with E-state index in [9.17, 15) is 9.59 Å². The molecule has 0 bridgehead atoms. The van der Waals surface area contributed by atoms with Crippen LogP contribution in [-0.2, 0) is 9.59 Å². The highest BCUT2D eigenvalue weighted by Crippen LogP contribution is 2.22. The van der Waals surface area contributed by atoms with Crippen LogP contribution in [-0.4, -0.2) is 24.4 Å². The lowest BCUT2D eigenvalue weighted by Crippen LogP contribution is -2.41. The minimum absolute atomic E-state index is 0.134. The Balaban J connectivity index is 2.52. The molecule has 1 aromatic carbocycles. The smallest absolute Gasteiger partial charge is 0.243 e. The highest BCUT2D eigenvalue weighted by Gasteiger charge is 2.10. The molecule has 1 rings (SSSR count). The summed E-state index contributed by atoms with van der Waals surface area (Å²) >= 11 is 5.96. The summed E-state index contributed by atoms with van der Waals surface area (Å²) in [6.07, 6.45) is 0. The maximum absolute atomic E-state index is 11.6. The van der Waals surface area contributed by atoms with Gasteiger partial charge in [-0.2, -0.15) is 0 Å². The van der Waals surface area contributed by atoms with Gasteiger partial charge in [-0.1, -0.05) is 17.7 Å². The van der Waals surface area contributed by atoms with E-state index in [2.05, 4.69) is 10.6 Å². The predicted molar refractivity (Wildman–Crippen MR) is 71.5 cm³/mol. The quantitative estimate of drug-likeness (QED) is 0.764. The third-order valence-electron chi connectivity index (χ3n) is 2.24. The van der Waals surface area contributed by atoms with Gasteiger partial charge >= 0.3 is 0 Å². The summed E-state index contributed by atoms with van der Waals surface area (Å²) in [7, 11) is 0. The standard InChI is InChI=1S/C12H16ClN3O2/c1-7-3-4-10(9(13)5-7)16-11(17)6-15-12(18)8(2)14/h3-5,8H,6,14H2,1-2H3,(H,15,18)(H,16,17)/t8-/m1/s1. The number of halogens is 1. The van der Waals surface area contributed by atoms with Crippen molar-refractivity contribution < 1.29 is 9.59 Å². The Morgan fingerprint density at radius 2 is 2.11 bits per heavy atom. The Bertz CT molecular complexity index is 461. The lowest BCUT2D eigenvalue weighted by atomic mass is 10.2. The van der Waals surface area contributed by atoms with Crippen LogP contribution >= 0.6 is 11.6 Å². The number of anilines is 1. The number of carbonyl (C=O) groups excluding carboxylic acids is 2. The fourth-order valence-corrected chi connectivity index (χ4v) is 1.53. The van der Waals surface area contributed by atoms with Crippen molar-refractivity contribution in [2.24, 2.45) is 5.73 Å². The van der Waals surface area contributed by atoms with Crippen LogP contribution in [0.3, 0.4) is 0 Å². The topological polar surface area (TPSA) is 84.2 Å². The van der Waals surface area contributed by atoms with E-state index in [1.807, 2.05) is 13.0 Å². The largest absolute Gasteiger partial charge is 0.346 e. The predicted octanol–water partition coefficient (Wildman–Crippen LogP) is 1.05. The average Bonchev–Trinajstić information content (AvgIpc) is 2.29. The molecule has 18 heavy (non-hydrogen) atoms. The van der Waals surface area contributed by atoms with Crippen molar-refractivity contribution in [2.45, 2.75) is 19.9 Å². The zero-order valence-corrected chi connectivity index (χ0v) is 11.0. The first-order valence-electron chi connectivity index (χ1n) is 5.49. The second-order valence-corrected chi connectivity index (χ2v) is 4.45. The van der Waals surface area contributed by atoms with E-state index in [1.165, 1.54) is 0 Å². The summed E-state index contributed by atoms with van der Waals surface area (Å²) in [5.74, 6) is -0.727. The molecule has 0 heterocycles. The molecular formula is C12H16ClN3O2. The van der Waals surface area contributed by atoms with Crippen molar-refractivity contribution in [3.05, 3.63) is 28.8 Å². The molecule has 0 aliphatic rings. The Kier molecular flexibility index (Phi) is 5.12. The first-order chi connectivity index (χ1) is 8.40. The molecule has 0 unspecified atom stereocenters. The zero-order valence-electron chi connectivity index (χ0n) is 10.3. The monoisotopic (exact) mass is 269 g/mol. The van der Waals surface area contributed by atoms with Gasteiger partial charge < -0.3 is 16.4 Å². The number of nitrogens with one attached hydrogen (secondary N) is 2. The number of aryl methyl sites for hydroxylation is 1. The highest BCUT2D eigenvalue weighted by molar-refractivity contribution is 6.33. The number of hydrogen-bond acceptors (Lipinski definition) is 3. The van der Waals surface area contributed by atoms with Gasteiger partial charge in [0.15, 0.2) is 0 Å². The van der Waals surface area contributed by atoms with E-state index >= 15 is 0 Å². The molecule has 0 aromatic heterocycles. The van der Waals surface area contributed by atoms with Gasteiger partial charge in [-0.05, 0) is 31.5 Å². The van der Waals surface area contributed by atoms with Gasteiger partial charge in [0.05, 0.1) is 23.3 Å². The molecule has 6 heteroatoms. The van der Waals surface area contributed by atoms with Crippen molar-refractivity contribution in [1.82, 2.24) is 5.32 Å². The van der Waals surface area contributed by atoms with E-state index in [4.69, 9.17) is 17.3 Å². The molecule has 0 aliphatic carbocycles. The third-order valence-corrected chi connectivity index (χ3v) is 2.55. The molecular weight excluding hydrogens is 254 g/mol. The molecule has 1 atom stereocenters. The molecule has 2 amide bonds. The number of nitrogens with two attached hydrogens (primary N) is 1. The number of carbonyl (C=O) groups is 2. The van der Waals surface area contributed by atoms with Crippen LogP contribution in [0.5, 0.6) is 0 Å². The average molecular weight is 270 g/mol. The van der Waals surface area contributed by atoms with Crippen LogP contribution in [0.4, 0.5) is 5.69 Å². The number of rotatable bonds is 4. The first kappa shape index (κ1) is 14.5. The fraction of sp³-hybridized carbons (Fsp3) is 0.333. The van der Waals surface area contributed by atoms with Crippen molar-refractivity contribution in [3.8, 4) is 0 Å². The van der Waals surface area contributed by atoms with Gasteiger partial charge in [-0.3, -0.25) is 9.59 Å². The summed E-state index contributed by atoms with van der Waals surface area (Å²) in [5, 5.41) is 5.48. The van der Waals surface area contributed by atoms with Crippen LogP contribution in [0.25, 0.3) is 0 Å². The van der Waals surface area contributed by atoms with E-state index in [1.54, 1.807) is 19.1 Å². The summed E-state index contributed by atoms with van der Waals surface area (Å²) in [6.45, 7) is 3.31. The van der Waals surface area contributed by atoms with Gasteiger partial charge in [0.1, 0.15) is 0 Å². The second kappa shape index (κ2) is 6.37. The van der Waals surface area contributed by atoms with Crippen molar-refractivity contribution in [1.29, 1.82) is 0 Å².